The van der Waals surface area contributed by atoms with Crippen LogP contribution in [-0.4, -0.2) is 22.9 Å². The quantitative estimate of drug-likeness (QED) is 0.618. The van der Waals surface area contributed by atoms with Crippen molar-refractivity contribution in [1.29, 1.82) is 0 Å². The lowest BCUT2D eigenvalue weighted by Crippen LogP contribution is -2.31. The molecule has 0 amide bonds. The highest BCUT2D eigenvalue weighted by Crippen LogP contribution is 2.32. The third-order valence-corrected chi connectivity index (χ3v) is 4.38. The van der Waals surface area contributed by atoms with Crippen LogP contribution in [0.15, 0.2) is 65.5 Å². The predicted molar refractivity (Wildman–Crippen MR) is 106 cm³/mol. The van der Waals surface area contributed by atoms with Crippen molar-refractivity contribution < 1.29 is 9.53 Å². The molecule has 0 bridgehead atoms. The van der Waals surface area contributed by atoms with Gasteiger partial charge in [-0.3, -0.25) is 4.79 Å². The zero-order valence-corrected chi connectivity index (χ0v) is 15.5. The molecule has 138 valence electrons. The van der Waals surface area contributed by atoms with Gasteiger partial charge in [0, 0.05) is 17.7 Å². The average Bonchev–Trinajstić information content (AvgIpc) is 2.73. The van der Waals surface area contributed by atoms with Crippen molar-refractivity contribution in [3.63, 3.8) is 0 Å². The normalized spacial score (nSPS) is 10.6. The van der Waals surface area contributed by atoms with E-state index < -0.39 is 11.5 Å². The lowest BCUT2D eigenvalue weighted by Gasteiger charge is -2.16. The fraction of sp³-hybridized carbons (Fsp3) is 0.227. The van der Waals surface area contributed by atoms with E-state index in [0.29, 0.717) is 17.8 Å². The maximum Gasteiger partial charge on any atom is 0.344 e. The van der Waals surface area contributed by atoms with Crippen LogP contribution in [0, 0.1) is 0 Å². The molecule has 2 aromatic carbocycles. The summed E-state index contributed by atoms with van der Waals surface area (Å²) in [4.78, 5) is 25.6. The molecule has 0 aliphatic carbocycles. The first-order valence-corrected chi connectivity index (χ1v) is 9.01. The Balaban J connectivity index is 2.38. The van der Waals surface area contributed by atoms with E-state index in [1.165, 1.54) is 11.8 Å². The van der Waals surface area contributed by atoms with Gasteiger partial charge in [-0.25, -0.2) is 9.48 Å². The van der Waals surface area contributed by atoms with E-state index in [2.05, 4.69) is 5.10 Å². The first-order chi connectivity index (χ1) is 13.2. The molecule has 0 radical (unpaired) electrons. The third-order valence-electron chi connectivity index (χ3n) is 4.38. The minimum absolute atomic E-state index is 0.0219. The Morgan fingerprint density at radius 2 is 1.59 bits per heavy atom. The van der Waals surface area contributed by atoms with Gasteiger partial charge in [-0.2, -0.15) is 5.10 Å². The summed E-state index contributed by atoms with van der Waals surface area (Å²) in [5.41, 5.74) is 2.29. The molecule has 0 aliphatic rings. The number of benzene rings is 2. The van der Waals surface area contributed by atoms with Crippen LogP contribution in [0.25, 0.3) is 22.4 Å². The van der Waals surface area contributed by atoms with Crippen molar-refractivity contribution in [2.24, 2.45) is 0 Å². The highest BCUT2D eigenvalue weighted by Gasteiger charge is 2.25. The Kier molecular flexibility index (Phi) is 5.81. The number of rotatable bonds is 6. The fourth-order valence-corrected chi connectivity index (χ4v) is 3.01. The summed E-state index contributed by atoms with van der Waals surface area (Å²) < 4.78 is 6.33. The number of carbonyl (C=O) groups excluding carboxylic acids is 1. The number of nitrogens with zero attached hydrogens (tertiary/aromatic N) is 2. The molecule has 0 atom stereocenters. The second-order valence-electron chi connectivity index (χ2n) is 6.20. The molecule has 5 heteroatoms. The number of unbranched alkanes of at least 4 members (excludes halogenated alkanes) is 1. The van der Waals surface area contributed by atoms with Gasteiger partial charge in [0.15, 0.2) is 0 Å². The highest BCUT2D eigenvalue weighted by molar-refractivity contribution is 6.00. The van der Waals surface area contributed by atoms with Gasteiger partial charge in [-0.1, -0.05) is 74.0 Å². The first kappa shape index (κ1) is 18.6. The molecule has 0 spiro atoms. The van der Waals surface area contributed by atoms with E-state index in [4.69, 9.17) is 4.74 Å². The Morgan fingerprint density at radius 1 is 1.00 bits per heavy atom. The van der Waals surface area contributed by atoms with Crippen molar-refractivity contribution in [3.05, 3.63) is 76.6 Å². The minimum atomic E-state index is -0.649. The summed E-state index contributed by atoms with van der Waals surface area (Å²) in [6.07, 6.45) is 1.72. The number of carbonyl (C=O) groups is 1. The summed E-state index contributed by atoms with van der Waals surface area (Å²) in [5.74, 6) is -0.649. The van der Waals surface area contributed by atoms with Gasteiger partial charge < -0.3 is 4.74 Å². The maximum absolute atomic E-state index is 13.1. The van der Waals surface area contributed by atoms with Gasteiger partial charge >= 0.3 is 5.97 Å². The Labute approximate surface area is 158 Å². The highest BCUT2D eigenvalue weighted by atomic mass is 16.5. The van der Waals surface area contributed by atoms with Gasteiger partial charge in [0.2, 0.25) is 0 Å². The van der Waals surface area contributed by atoms with Crippen LogP contribution < -0.4 is 5.56 Å². The van der Waals surface area contributed by atoms with Crippen molar-refractivity contribution in [2.45, 2.75) is 26.3 Å². The zero-order chi connectivity index (χ0) is 19.2. The molecule has 0 unspecified atom stereocenters. The number of hydrogen-bond acceptors (Lipinski definition) is 4. The maximum atomic E-state index is 13.1. The minimum Gasteiger partial charge on any atom is -0.465 e. The molecular formula is C22H22N2O3. The third kappa shape index (κ3) is 3.82. The molecule has 1 heterocycles. The van der Waals surface area contributed by atoms with Crippen LogP contribution in [-0.2, 0) is 11.3 Å². The topological polar surface area (TPSA) is 61.2 Å². The predicted octanol–water partition coefficient (Wildman–Crippen LogP) is 4.16. The zero-order valence-electron chi connectivity index (χ0n) is 15.5. The molecule has 0 aliphatic heterocycles. The summed E-state index contributed by atoms with van der Waals surface area (Å²) in [6, 6.07) is 18.9. The van der Waals surface area contributed by atoms with E-state index in [-0.39, 0.29) is 5.56 Å². The average molecular weight is 362 g/mol. The van der Waals surface area contributed by atoms with Crippen LogP contribution in [0.3, 0.4) is 0 Å². The van der Waals surface area contributed by atoms with E-state index in [1.54, 1.807) is 0 Å². The number of methoxy groups -OCH3 is 1. The molecule has 0 N–H and O–H groups in total. The van der Waals surface area contributed by atoms with Gasteiger partial charge in [-0.15, -0.1) is 0 Å². The Bertz CT molecular complexity index is 980. The van der Waals surface area contributed by atoms with Crippen LogP contribution in [0.5, 0.6) is 0 Å². The van der Waals surface area contributed by atoms with Gasteiger partial charge in [0.25, 0.3) is 5.56 Å². The summed E-state index contributed by atoms with van der Waals surface area (Å²) in [5, 5.41) is 4.63. The van der Waals surface area contributed by atoms with Crippen LogP contribution >= 0.6 is 0 Å². The molecule has 0 saturated carbocycles. The monoisotopic (exact) mass is 362 g/mol. The van der Waals surface area contributed by atoms with Crippen molar-refractivity contribution in [3.8, 4) is 22.4 Å². The summed E-state index contributed by atoms with van der Waals surface area (Å²) in [7, 11) is 1.29. The van der Waals surface area contributed by atoms with Gasteiger partial charge in [0.1, 0.15) is 5.56 Å². The molecule has 5 nitrogen and oxygen atoms in total. The molecule has 3 aromatic rings. The second-order valence-corrected chi connectivity index (χ2v) is 6.20. The van der Waals surface area contributed by atoms with Crippen LogP contribution in [0.2, 0.25) is 0 Å². The van der Waals surface area contributed by atoms with Gasteiger partial charge in [0.05, 0.1) is 12.8 Å². The number of ether oxygens (including phenoxy) is 1. The van der Waals surface area contributed by atoms with Crippen molar-refractivity contribution in [1.82, 2.24) is 9.78 Å². The summed E-state index contributed by atoms with van der Waals surface area (Å²) in [6.45, 7) is 2.50. The van der Waals surface area contributed by atoms with Crippen LogP contribution in [0.4, 0.5) is 0 Å². The smallest absolute Gasteiger partial charge is 0.344 e. The first-order valence-electron chi connectivity index (χ1n) is 9.01. The number of aromatic nitrogens is 2. The number of aryl methyl sites for hydroxylation is 1. The van der Waals surface area contributed by atoms with Crippen molar-refractivity contribution >= 4 is 5.97 Å². The SMILES string of the molecule is CCCCn1nc(-c2ccccc2)c(-c2ccccc2)c(C(=O)OC)c1=O. The lowest BCUT2D eigenvalue weighted by molar-refractivity contribution is 0.0598. The Hall–Kier alpha value is -3.21. The number of esters is 1. The molecule has 0 saturated heterocycles. The van der Waals surface area contributed by atoms with Crippen molar-refractivity contribution in [2.75, 3.05) is 7.11 Å². The molecular weight excluding hydrogens is 340 g/mol. The lowest BCUT2D eigenvalue weighted by atomic mass is 9.95. The van der Waals surface area contributed by atoms with E-state index >= 15 is 0 Å². The largest absolute Gasteiger partial charge is 0.465 e. The Morgan fingerprint density at radius 3 is 2.15 bits per heavy atom. The van der Waals surface area contributed by atoms with E-state index in [9.17, 15) is 9.59 Å². The van der Waals surface area contributed by atoms with E-state index in [0.717, 1.165) is 24.0 Å². The van der Waals surface area contributed by atoms with Gasteiger partial charge in [-0.05, 0) is 12.0 Å². The van der Waals surface area contributed by atoms with Crippen LogP contribution in [0.1, 0.15) is 30.1 Å². The molecule has 1 aromatic heterocycles. The number of hydrogen-bond donors (Lipinski definition) is 0. The molecule has 3 rings (SSSR count). The molecule has 0 fully saturated rings. The standard InChI is InChI=1S/C22H22N2O3/c1-3-4-15-24-21(25)19(22(26)27-2)18(16-11-7-5-8-12-16)20(23-24)17-13-9-6-10-14-17/h5-14H,3-4,15H2,1-2H3. The van der Waals surface area contributed by atoms with E-state index in [1.807, 2.05) is 67.6 Å². The summed E-state index contributed by atoms with van der Waals surface area (Å²) >= 11 is 0. The second kappa shape index (κ2) is 8.45. The fourth-order valence-electron chi connectivity index (χ4n) is 3.01. The molecule has 27 heavy (non-hydrogen) atoms.